The summed E-state index contributed by atoms with van der Waals surface area (Å²) in [7, 11) is 1.58. The van der Waals surface area contributed by atoms with Crippen LogP contribution < -0.4 is 10.1 Å². The van der Waals surface area contributed by atoms with Gasteiger partial charge in [0.25, 0.3) is 0 Å². The minimum Gasteiger partial charge on any atom is -0.505 e. The minimum absolute atomic E-state index is 0.000747. The molecule has 0 aliphatic carbocycles. The van der Waals surface area contributed by atoms with Crippen molar-refractivity contribution in [2.75, 3.05) is 19.0 Å². The minimum atomic E-state index is -0.688. The molecule has 1 aromatic heterocycles. The lowest BCUT2D eigenvalue weighted by molar-refractivity contribution is 0.271. The van der Waals surface area contributed by atoms with Crippen LogP contribution in [0.1, 0.15) is 13.3 Å². The van der Waals surface area contributed by atoms with Crippen LogP contribution in [0.5, 0.6) is 11.5 Å². The van der Waals surface area contributed by atoms with Crippen molar-refractivity contribution in [1.82, 2.24) is 4.98 Å². The Labute approximate surface area is 151 Å². The molecule has 0 radical (unpaired) electrons. The van der Waals surface area contributed by atoms with Crippen LogP contribution in [0.3, 0.4) is 0 Å². The molecule has 0 amide bonds. The zero-order valence-corrected chi connectivity index (χ0v) is 14.7. The fraction of sp³-hybridized carbons (Fsp3) is 0.250. The summed E-state index contributed by atoms with van der Waals surface area (Å²) >= 11 is 0. The van der Waals surface area contributed by atoms with Gasteiger partial charge in [0.05, 0.1) is 19.8 Å². The molecule has 2 aromatic carbocycles. The Morgan fingerprint density at radius 1 is 1.19 bits per heavy atom. The van der Waals surface area contributed by atoms with Crippen molar-refractivity contribution in [1.29, 1.82) is 0 Å². The molecule has 0 saturated carbocycles. The Hall–Kier alpha value is -2.86. The van der Waals surface area contributed by atoms with E-state index >= 15 is 0 Å². The standard InChI is InChI=1S/C20H21FN2O3/c1-3-13(11-24)23-20-15-6-5-14(26-2)9-16(15)17(10-22-20)12-4-7-19(25)18(21)8-12/h4-10,13,24-25H,3,11H2,1-2H3,(H,22,23). The van der Waals surface area contributed by atoms with E-state index in [-0.39, 0.29) is 12.6 Å². The van der Waals surface area contributed by atoms with Gasteiger partial charge in [-0.05, 0) is 47.7 Å². The first kappa shape index (κ1) is 17.9. The van der Waals surface area contributed by atoms with Gasteiger partial charge in [0.15, 0.2) is 11.6 Å². The molecular weight excluding hydrogens is 335 g/mol. The van der Waals surface area contributed by atoms with Gasteiger partial charge in [0.1, 0.15) is 11.6 Å². The smallest absolute Gasteiger partial charge is 0.165 e. The van der Waals surface area contributed by atoms with Crippen LogP contribution in [0, 0.1) is 5.82 Å². The Morgan fingerprint density at radius 3 is 2.65 bits per heavy atom. The number of benzene rings is 2. The second-order valence-electron chi connectivity index (χ2n) is 6.03. The molecule has 1 atom stereocenters. The normalized spacial score (nSPS) is 12.2. The number of fused-ring (bicyclic) bond motifs is 1. The molecule has 0 spiro atoms. The summed E-state index contributed by atoms with van der Waals surface area (Å²) in [5, 5.41) is 23.8. The van der Waals surface area contributed by atoms with Crippen molar-refractivity contribution in [3.63, 3.8) is 0 Å². The van der Waals surface area contributed by atoms with Crippen LogP contribution in [0.4, 0.5) is 10.2 Å². The number of aromatic hydroxyl groups is 1. The summed E-state index contributed by atoms with van der Waals surface area (Å²) in [6.07, 6.45) is 2.40. The maximum absolute atomic E-state index is 13.8. The van der Waals surface area contributed by atoms with E-state index in [1.807, 2.05) is 25.1 Å². The van der Waals surface area contributed by atoms with Crippen LogP contribution >= 0.6 is 0 Å². The summed E-state index contributed by atoms with van der Waals surface area (Å²) in [4.78, 5) is 4.48. The molecule has 0 fully saturated rings. The highest BCUT2D eigenvalue weighted by Gasteiger charge is 2.14. The highest BCUT2D eigenvalue weighted by molar-refractivity contribution is 6.02. The van der Waals surface area contributed by atoms with Gasteiger partial charge in [-0.15, -0.1) is 0 Å². The number of phenols is 1. The van der Waals surface area contributed by atoms with Gasteiger partial charge >= 0.3 is 0 Å². The van der Waals surface area contributed by atoms with E-state index in [0.717, 1.165) is 22.8 Å². The molecule has 0 aliphatic rings. The summed E-state index contributed by atoms with van der Waals surface area (Å²) in [6, 6.07) is 9.71. The van der Waals surface area contributed by atoms with Crippen LogP contribution in [0.15, 0.2) is 42.6 Å². The van der Waals surface area contributed by atoms with E-state index in [0.29, 0.717) is 17.1 Å². The summed E-state index contributed by atoms with van der Waals surface area (Å²) < 4.78 is 19.1. The van der Waals surface area contributed by atoms with Crippen LogP contribution in [-0.2, 0) is 0 Å². The number of aliphatic hydroxyl groups excluding tert-OH is 1. The monoisotopic (exact) mass is 356 g/mol. The number of nitrogens with zero attached hydrogens (tertiary/aromatic N) is 1. The number of anilines is 1. The van der Waals surface area contributed by atoms with Gasteiger partial charge < -0.3 is 20.3 Å². The average molecular weight is 356 g/mol. The maximum atomic E-state index is 13.8. The average Bonchev–Trinajstić information content (AvgIpc) is 2.67. The fourth-order valence-corrected chi connectivity index (χ4v) is 2.84. The lowest BCUT2D eigenvalue weighted by Crippen LogP contribution is -2.23. The van der Waals surface area contributed by atoms with Crippen molar-refractivity contribution >= 4 is 16.6 Å². The third-order valence-corrected chi connectivity index (χ3v) is 4.41. The van der Waals surface area contributed by atoms with Crippen molar-refractivity contribution in [2.24, 2.45) is 0 Å². The van der Waals surface area contributed by atoms with Crippen molar-refractivity contribution in [3.8, 4) is 22.6 Å². The van der Waals surface area contributed by atoms with E-state index in [1.165, 1.54) is 12.1 Å². The van der Waals surface area contributed by atoms with Gasteiger partial charge in [0, 0.05) is 17.1 Å². The first-order valence-corrected chi connectivity index (χ1v) is 8.40. The van der Waals surface area contributed by atoms with Gasteiger partial charge in [0.2, 0.25) is 0 Å². The van der Waals surface area contributed by atoms with E-state index in [1.54, 1.807) is 19.4 Å². The molecule has 0 aliphatic heterocycles. The third kappa shape index (κ3) is 3.41. The molecule has 26 heavy (non-hydrogen) atoms. The summed E-state index contributed by atoms with van der Waals surface area (Å²) in [5.41, 5.74) is 1.33. The molecule has 3 aromatic rings. The van der Waals surface area contributed by atoms with E-state index in [9.17, 15) is 14.6 Å². The number of phenolic OH excluding ortho intramolecular Hbond substituents is 1. The Bertz CT molecular complexity index is 926. The molecule has 0 bridgehead atoms. The number of methoxy groups -OCH3 is 1. The van der Waals surface area contributed by atoms with Crippen molar-refractivity contribution < 1.29 is 19.3 Å². The summed E-state index contributed by atoms with van der Waals surface area (Å²) in [6.45, 7) is 1.98. The molecule has 3 rings (SSSR count). The predicted molar refractivity (Wildman–Crippen MR) is 100 cm³/mol. The van der Waals surface area contributed by atoms with Crippen LogP contribution in [0.25, 0.3) is 21.9 Å². The molecule has 1 heterocycles. The Morgan fingerprint density at radius 2 is 2.00 bits per heavy atom. The zero-order valence-electron chi connectivity index (χ0n) is 14.7. The molecule has 0 saturated heterocycles. The molecular formula is C20H21FN2O3. The number of hydrogen-bond donors (Lipinski definition) is 3. The van der Waals surface area contributed by atoms with E-state index in [4.69, 9.17) is 4.74 Å². The van der Waals surface area contributed by atoms with Gasteiger partial charge in [-0.2, -0.15) is 0 Å². The van der Waals surface area contributed by atoms with Gasteiger partial charge in [-0.3, -0.25) is 0 Å². The summed E-state index contributed by atoms with van der Waals surface area (Å²) in [5.74, 6) is 0.235. The lowest BCUT2D eigenvalue weighted by Gasteiger charge is -2.18. The number of nitrogens with one attached hydrogen (secondary N) is 1. The lowest BCUT2D eigenvalue weighted by atomic mass is 9.99. The molecule has 136 valence electrons. The van der Waals surface area contributed by atoms with E-state index in [2.05, 4.69) is 10.3 Å². The maximum Gasteiger partial charge on any atom is 0.165 e. The van der Waals surface area contributed by atoms with Crippen LogP contribution in [0.2, 0.25) is 0 Å². The van der Waals surface area contributed by atoms with Crippen molar-refractivity contribution in [3.05, 3.63) is 48.4 Å². The largest absolute Gasteiger partial charge is 0.505 e. The number of aromatic nitrogens is 1. The number of rotatable bonds is 6. The first-order chi connectivity index (χ1) is 12.6. The SMILES string of the molecule is CCC(CO)Nc1ncc(-c2ccc(O)c(F)c2)c2cc(OC)ccc12. The predicted octanol–water partition coefficient (Wildman–Crippen LogP) is 3.94. The zero-order chi connectivity index (χ0) is 18.7. The number of aliphatic hydroxyl groups is 1. The number of halogens is 1. The number of pyridine rings is 1. The highest BCUT2D eigenvalue weighted by Crippen LogP contribution is 2.35. The Kier molecular flexibility index (Phi) is 5.23. The second kappa shape index (κ2) is 7.58. The fourth-order valence-electron chi connectivity index (χ4n) is 2.84. The second-order valence-corrected chi connectivity index (χ2v) is 6.03. The number of ether oxygens (including phenoxy) is 1. The van der Waals surface area contributed by atoms with Gasteiger partial charge in [-0.25, -0.2) is 9.37 Å². The highest BCUT2D eigenvalue weighted by atomic mass is 19.1. The van der Waals surface area contributed by atoms with Crippen molar-refractivity contribution in [2.45, 2.75) is 19.4 Å². The topological polar surface area (TPSA) is 74.6 Å². The number of hydrogen-bond acceptors (Lipinski definition) is 5. The molecule has 3 N–H and O–H groups in total. The quantitative estimate of drug-likeness (QED) is 0.624. The molecule has 1 unspecified atom stereocenters. The first-order valence-electron chi connectivity index (χ1n) is 8.40. The van der Waals surface area contributed by atoms with Crippen LogP contribution in [-0.4, -0.2) is 35.0 Å². The van der Waals surface area contributed by atoms with Gasteiger partial charge in [-0.1, -0.05) is 13.0 Å². The molecule has 5 nitrogen and oxygen atoms in total. The van der Waals surface area contributed by atoms with E-state index < -0.39 is 11.6 Å². The molecule has 6 heteroatoms. The Balaban J connectivity index is 2.19. The third-order valence-electron chi connectivity index (χ3n) is 4.41.